The lowest BCUT2D eigenvalue weighted by Gasteiger charge is -2.37. The molecule has 1 aliphatic heterocycles. The van der Waals surface area contributed by atoms with Crippen LogP contribution < -0.4 is 10.1 Å². The van der Waals surface area contributed by atoms with Crippen LogP contribution in [0.2, 0.25) is 0 Å². The van der Waals surface area contributed by atoms with E-state index in [1.165, 1.54) is 12.1 Å². The molecule has 0 radical (unpaired) electrons. The number of fused-ring (bicyclic) bond motifs is 3. The summed E-state index contributed by atoms with van der Waals surface area (Å²) < 4.78 is 5.53. The van der Waals surface area contributed by atoms with Crippen LogP contribution in [0.15, 0.2) is 48.6 Å². The molecule has 1 aliphatic carbocycles. The van der Waals surface area contributed by atoms with E-state index >= 15 is 0 Å². The van der Waals surface area contributed by atoms with Crippen LogP contribution in [0.25, 0.3) is 0 Å². The first-order valence-electron chi connectivity index (χ1n) is 9.12. The van der Waals surface area contributed by atoms with Gasteiger partial charge in [0.25, 0.3) is 11.4 Å². The largest absolute Gasteiger partial charge is 0.494 e. The number of nitro groups is 2. The Morgan fingerprint density at radius 2 is 2.00 bits per heavy atom. The molecule has 1 N–H and O–H groups in total. The van der Waals surface area contributed by atoms with Crippen LogP contribution in [0.5, 0.6) is 5.75 Å². The molecule has 0 bridgehead atoms. The Hall–Kier alpha value is -3.42. The molecule has 4 rings (SSSR count). The second kappa shape index (κ2) is 6.95. The summed E-state index contributed by atoms with van der Waals surface area (Å²) in [5.74, 6) is 0.577. The molecule has 8 heteroatoms. The van der Waals surface area contributed by atoms with Gasteiger partial charge in [-0.2, -0.15) is 0 Å². The van der Waals surface area contributed by atoms with Crippen LogP contribution >= 0.6 is 0 Å². The van der Waals surface area contributed by atoms with Gasteiger partial charge in [-0.25, -0.2) is 0 Å². The number of hydrogen-bond acceptors (Lipinski definition) is 6. The van der Waals surface area contributed by atoms with Gasteiger partial charge < -0.3 is 10.1 Å². The summed E-state index contributed by atoms with van der Waals surface area (Å²) in [5, 5.41) is 26.2. The molecule has 2 aliphatic rings. The number of benzene rings is 2. The number of hydrogen-bond donors (Lipinski definition) is 1. The standard InChI is InChI=1S/C20H19N3O5/c1-2-28-14-10-17-15-7-4-8-16(15)19(21-20(17)18(11-14)23(26)27)12-5-3-6-13(9-12)22(24)25/h3-7,9-11,15-16,19,21H,2,8H2,1H3/t15-,16-,19+/m0/s1. The third-order valence-corrected chi connectivity index (χ3v) is 5.37. The molecule has 0 aromatic heterocycles. The van der Waals surface area contributed by atoms with Gasteiger partial charge in [0.05, 0.1) is 28.6 Å². The van der Waals surface area contributed by atoms with Crippen molar-refractivity contribution in [1.82, 2.24) is 0 Å². The molecule has 28 heavy (non-hydrogen) atoms. The van der Waals surface area contributed by atoms with E-state index in [-0.39, 0.29) is 29.3 Å². The van der Waals surface area contributed by atoms with Gasteiger partial charge in [-0.05, 0) is 36.5 Å². The van der Waals surface area contributed by atoms with Crippen molar-refractivity contribution in [2.45, 2.75) is 25.3 Å². The average molecular weight is 381 g/mol. The molecule has 0 amide bonds. The molecule has 0 unspecified atom stereocenters. The van der Waals surface area contributed by atoms with E-state index in [1.54, 1.807) is 12.1 Å². The van der Waals surface area contributed by atoms with Crippen molar-refractivity contribution >= 4 is 17.1 Å². The number of allylic oxidation sites excluding steroid dienone is 2. The first-order chi connectivity index (χ1) is 13.5. The van der Waals surface area contributed by atoms with E-state index in [9.17, 15) is 20.2 Å². The lowest BCUT2D eigenvalue weighted by molar-refractivity contribution is -0.384. The molecule has 2 aromatic rings. The Bertz CT molecular complexity index is 988. The predicted octanol–water partition coefficient (Wildman–Crippen LogP) is 4.73. The topological polar surface area (TPSA) is 108 Å². The van der Waals surface area contributed by atoms with Gasteiger partial charge in [0, 0.05) is 18.1 Å². The van der Waals surface area contributed by atoms with E-state index in [1.807, 2.05) is 19.1 Å². The second-order valence-electron chi connectivity index (χ2n) is 6.92. The van der Waals surface area contributed by atoms with Crippen LogP contribution in [0.3, 0.4) is 0 Å². The molecule has 2 aromatic carbocycles. The highest BCUT2D eigenvalue weighted by Crippen LogP contribution is 2.53. The van der Waals surface area contributed by atoms with Crippen LogP contribution in [-0.2, 0) is 0 Å². The summed E-state index contributed by atoms with van der Waals surface area (Å²) in [5.41, 5.74) is 2.00. The Balaban J connectivity index is 1.83. The monoisotopic (exact) mass is 381 g/mol. The fourth-order valence-electron chi connectivity index (χ4n) is 4.21. The number of anilines is 1. The number of nitro benzene ring substituents is 2. The Morgan fingerprint density at radius 1 is 1.18 bits per heavy atom. The number of nitrogens with one attached hydrogen (secondary N) is 1. The van der Waals surface area contributed by atoms with Gasteiger partial charge in [-0.1, -0.05) is 24.3 Å². The van der Waals surface area contributed by atoms with Crippen molar-refractivity contribution in [2.24, 2.45) is 5.92 Å². The summed E-state index contributed by atoms with van der Waals surface area (Å²) >= 11 is 0. The minimum absolute atomic E-state index is 0.00814. The number of ether oxygens (including phenoxy) is 1. The highest BCUT2D eigenvalue weighted by molar-refractivity contribution is 5.73. The highest BCUT2D eigenvalue weighted by atomic mass is 16.6. The Kier molecular flexibility index (Phi) is 4.46. The number of non-ortho nitro benzene ring substituents is 1. The zero-order valence-electron chi connectivity index (χ0n) is 15.2. The fraction of sp³-hybridized carbons (Fsp3) is 0.300. The van der Waals surface area contributed by atoms with Crippen molar-refractivity contribution in [3.63, 3.8) is 0 Å². The van der Waals surface area contributed by atoms with Crippen LogP contribution in [0.4, 0.5) is 17.1 Å². The van der Waals surface area contributed by atoms with E-state index in [0.29, 0.717) is 18.0 Å². The van der Waals surface area contributed by atoms with Gasteiger partial charge in [-0.15, -0.1) is 0 Å². The Morgan fingerprint density at radius 3 is 2.71 bits per heavy atom. The first kappa shape index (κ1) is 18.0. The summed E-state index contributed by atoms with van der Waals surface area (Å²) in [4.78, 5) is 22.0. The summed E-state index contributed by atoms with van der Waals surface area (Å²) in [6, 6.07) is 9.48. The minimum Gasteiger partial charge on any atom is -0.494 e. The molecule has 0 fully saturated rings. The zero-order chi connectivity index (χ0) is 19.8. The molecule has 3 atom stereocenters. The number of rotatable bonds is 5. The Labute approximate surface area is 161 Å². The van der Waals surface area contributed by atoms with Crippen LogP contribution in [-0.4, -0.2) is 16.5 Å². The van der Waals surface area contributed by atoms with E-state index in [4.69, 9.17) is 4.74 Å². The first-order valence-corrected chi connectivity index (χ1v) is 9.12. The third-order valence-electron chi connectivity index (χ3n) is 5.37. The van der Waals surface area contributed by atoms with E-state index in [0.717, 1.165) is 17.5 Å². The molecule has 0 saturated heterocycles. The SMILES string of the molecule is CCOc1cc2c(c([N+](=O)[O-])c1)N[C@H](c1cccc([N+](=O)[O-])c1)[C@H]1CC=C[C@H]21. The molecule has 0 saturated carbocycles. The van der Waals surface area contributed by atoms with Crippen molar-refractivity contribution in [3.05, 3.63) is 79.9 Å². The van der Waals surface area contributed by atoms with Gasteiger partial charge >= 0.3 is 0 Å². The van der Waals surface area contributed by atoms with Gasteiger partial charge in [0.1, 0.15) is 11.4 Å². The molecule has 1 heterocycles. The normalized spacial score (nSPS) is 22.1. The average Bonchev–Trinajstić information content (AvgIpc) is 3.17. The van der Waals surface area contributed by atoms with E-state index in [2.05, 4.69) is 17.5 Å². The lowest BCUT2D eigenvalue weighted by Crippen LogP contribution is -2.29. The second-order valence-corrected chi connectivity index (χ2v) is 6.92. The molecule has 0 spiro atoms. The fourth-order valence-corrected chi connectivity index (χ4v) is 4.21. The summed E-state index contributed by atoms with van der Waals surface area (Å²) in [6.45, 7) is 2.25. The van der Waals surface area contributed by atoms with Crippen molar-refractivity contribution in [3.8, 4) is 5.75 Å². The maximum Gasteiger partial charge on any atom is 0.296 e. The van der Waals surface area contributed by atoms with Gasteiger partial charge in [-0.3, -0.25) is 20.2 Å². The molecule has 8 nitrogen and oxygen atoms in total. The molecular weight excluding hydrogens is 362 g/mol. The quantitative estimate of drug-likeness (QED) is 0.456. The summed E-state index contributed by atoms with van der Waals surface area (Å²) in [6.07, 6.45) is 4.92. The van der Waals surface area contributed by atoms with Crippen LogP contribution in [0.1, 0.15) is 36.4 Å². The maximum atomic E-state index is 11.7. The number of nitrogens with zero attached hydrogens (tertiary/aromatic N) is 2. The molecular formula is C20H19N3O5. The van der Waals surface area contributed by atoms with E-state index < -0.39 is 9.85 Å². The minimum atomic E-state index is -0.429. The highest BCUT2D eigenvalue weighted by Gasteiger charge is 2.41. The lowest BCUT2D eigenvalue weighted by atomic mass is 9.76. The van der Waals surface area contributed by atoms with Crippen LogP contribution in [0, 0.1) is 26.1 Å². The zero-order valence-corrected chi connectivity index (χ0v) is 15.2. The summed E-state index contributed by atoms with van der Waals surface area (Å²) in [7, 11) is 0. The smallest absolute Gasteiger partial charge is 0.296 e. The maximum absolute atomic E-state index is 11.7. The predicted molar refractivity (Wildman–Crippen MR) is 104 cm³/mol. The van der Waals surface area contributed by atoms with Crippen molar-refractivity contribution in [2.75, 3.05) is 11.9 Å². The van der Waals surface area contributed by atoms with Crippen molar-refractivity contribution in [1.29, 1.82) is 0 Å². The van der Waals surface area contributed by atoms with Gasteiger partial charge in [0.2, 0.25) is 0 Å². The molecule has 144 valence electrons. The van der Waals surface area contributed by atoms with Crippen molar-refractivity contribution < 1.29 is 14.6 Å². The van der Waals surface area contributed by atoms with Gasteiger partial charge in [0.15, 0.2) is 0 Å². The third kappa shape index (κ3) is 2.96.